The Morgan fingerprint density at radius 3 is 2.73 bits per heavy atom. The van der Waals surface area contributed by atoms with Crippen LogP contribution >= 0.6 is 11.3 Å². The van der Waals surface area contributed by atoms with Crippen LogP contribution in [-0.4, -0.2) is 61.9 Å². The number of benzene rings is 1. The first kappa shape index (κ1) is 22.2. The van der Waals surface area contributed by atoms with E-state index >= 15 is 0 Å². The molecule has 0 unspecified atom stereocenters. The molecule has 0 N–H and O–H groups in total. The molecule has 164 valence electrons. The average molecular weight is 443 g/mol. The summed E-state index contributed by atoms with van der Waals surface area (Å²) in [5.74, 6) is 0.310. The van der Waals surface area contributed by atoms with Crippen LogP contribution in [0.5, 0.6) is 11.5 Å². The number of ether oxygens (including phenoxy) is 2. The Balaban J connectivity index is 1.52. The van der Waals surface area contributed by atoms with E-state index < -0.39 is 12.8 Å². The number of methoxy groups -OCH3 is 1. The van der Waals surface area contributed by atoms with Gasteiger partial charge in [-0.1, -0.05) is 6.07 Å². The van der Waals surface area contributed by atoms with Crippen LogP contribution in [0, 0.1) is 0 Å². The number of anilines is 1. The molecule has 1 aliphatic heterocycles. The van der Waals surface area contributed by atoms with Gasteiger partial charge in [0.1, 0.15) is 0 Å². The van der Waals surface area contributed by atoms with Crippen molar-refractivity contribution in [3.8, 4) is 11.5 Å². The van der Waals surface area contributed by atoms with Gasteiger partial charge in [-0.3, -0.25) is 4.79 Å². The predicted molar refractivity (Wildman–Crippen MR) is 108 cm³/mol. The Hall–Kier alpha value is -2.49. The van der Waals surface area contributed by atoms with E-state index in [-0.39, 0.29) is 17.4 Å². The van der Waals surface area contributed by atoms with Crippen LogP contribution in [-0.2, 0) is 11.2 Å². The predicted octanol–water partition coefficient (Wildman–Crippen LogP) is 3.76. The zero-order valence-corrected chi connectivity index (χ0v) is 17.5. The van der Waals surface area contributed by atoms with Gasteiger partial charge in [0.15, 0.2) is 23.2 Å². The maximum atomic E-state index is 12.7. The molecule has 1 saturated heterocycles. The van der Waals surface area contributed by atoms with Crippen LogP contribution in [0.4, 0.5) is 18.3 Å². The molecule has 0 atom stereocenters. The Labute approximate surface area is 177 Å². The second kappa shape index (κ2) is 10.0. The van der Waals surface area contributed by atoms with Crippen molar-refractivity contribution in [3.05, 3.63) is 35.3 Å². The molecular formula is C20H24F3N3O3S. The van der Waals surface area contributed by atoms with Crippen molar-refractivity contribution in [2.45, 2.75) is 25.4 Å². The number of aryl methyl sites for hydroxylation is 1. The van der Waals surface area contributed by atoms with E-state index in [1.54, 1.807) is 29.7 Å². The second-order valence-electron chi connectivity index (χ2n) is 6.93. The lowest BCUT2D eigenvalue weighted by molar-refractivity contribution is -0.153. The summed E-state index contributed by atoms with van der Waals surface area (Å²) < 4.78 is 47.0. The minimum Gasteiger partial charge on any atom is -0.493 e. The zero-order valence-electron chi connectivity index (χ0n) is 16.7. The molecule has 1 fully saturated rings. The van der Waals surface area contributed by atoms with Gasteiger partial charge in [0.05, 0.1) is 7.11 Å². The van der Waals surface area contributed by atoms with Gasteiger partial charge in [0.25, 0.3) is 0 Å². The number of carbonyl (C=O) groups excluding carboxylic acids is 1. The van der Waals surface area contributed by atoms with E-state index in [0.29, 0.717) is 25.9 Å². The van der Waals surface area contributed by atoms with Gasteiger partial charge in [-0.25, -0.2) is 4.98 Å². The summed E-state index contributed by atoms with van der Waals surface area (Å²) in [6, 6.07) is 4.72. The van der Waals surface area contributed by atoms with Crippen molar-refractivity contribution >= 4 is 22.4 Å². The fourth-order valence-electron chi connectivity index (χ4n) is 3.29. The number of thiazole rings is 1. The average Bonchev–Trinajstić information content (AvgIpc) is 3.14. The summed E-state index contributed by atoms with van der Waals surface area (Å²) >= 11 is 1.59. The summed E-state index contributed by atoms with van der Waals surface area (Å²) in [6.45, 7) is 1.58. The molecule has 3 rings (SSSR count). The Morgan fingerprint density at radius 2 is 2.03 bits per heavy atom. The minimum atomic E-state index is -4.42. The molecule has 2 heterocycles. The lowest BCUT2D eigenvalue weighted by Crippen LogP contribution is -2.35. The van der Waals surface area contributed by atoms with Gasteiger partial charge in [-0.2, -0.15) is 13.2 Å². The van der Waals surface area contributed by atoms with Gasteiger partial charge >= 0.3 is 6.18 Å². The number of amides is 1. The number of hydrogen-bond donors (Lipinski definition) is 0. The van der Waals surface area contributed by atoms with Crippen LogP contribution in [0.25, 0.3) is 0 Å². The number of carbonyl (C=O) groups is 1. The van der Waals surface area contributed by atoms with E-state index in [9.17, 15) is 18.0 Å². The molecule has 30 heavy (non-hydrogen) atoms. The highest BCUT2D eigenvalue weighted by Crippen LogP contribution is 2.30. The van der Waals surface area contributed by atoms with Crippen molar-refractivity contribution < 1.29 is 27.4 Å². The first-order valence-electron chi connectivity index (χ1n) is 9.64. The Morgan fingerprint density at radius 1 is 1.20 bits per heavy atom. The van der Waals surface area contributed by atoms with E-state index in [1.165, 1.54) is 13.2 Å². The molecule has 2 aromatic rings. The molecule has 1 aliphatic rings. The van der Waals surface area contributed by atoms with E-state index in [4.69, 9.17) is 9.47 Å². The molecule has 10 heteroatoms. The maximum absolute atomic E-state index is 12.7. The number of aromatic nitrogens is 1. The minimum absolute atomic E-state index is 0.0275. The topological polar surface area (TPSA) is 54.9 Å². The Bertz CT molecular complexity index is 830. The summed E-state index contributed by atoms with van der Waals surface area (Å²) in [6.07, 6.45) is -0.963. The number of alkyl halides is 3. The third-order valence-corrected chi connectivity index (χ3v) is 5.62. The van der Waals surface area contributed by atoms with Crippen LogP contribution < -0.4 is 14.4 Å². The third-order valence-electron chi connectivity index (χ3n) is 4.79. The fraction of sp³-hybridized carbons (Fsp3) is 0.500. The standard InChI is InChI=1S/C20H24F3N3O3S/c1-28-17-13-15(3-5-16(17)29-14-20(21,22)23)4-6-18(27)25-8-2-9-26(11-10-25)19-24-7-12-30-19/h3,5,7,12-13H,2,4,6,8-11,14H2,1H3. The van der Waals surface area contributed by atoms with Crippen LogP contribution in [0.2, 0.25) is 0 Å². The molecule has 1 aromatic carbocycles. The van der Waals surface area contributed by atoms with Crippen molar-refractivity contribution in [1.82, 2.24) is 9.88 Å². The lowest BCUT2D eigenvalue weighted by atomic mass is 10.1. The third kappa shape index (κ3) is 6.25. The number of halogens is 3. The summed E-state index contributed by atoms with van der Waals surface area (Å²) in [4.78, 5) is 21.1. The van der Waals surface area contributed by atoms with E-state index in [0.717, 1.165) is 30.2 Å². The summed E-state index contributed by atoms with van der Waals surface area (Å²) in [5, 5.41) is 2.92. The van der Waals surface area contributed by atoms with Crippen LogP contribution in [0.3, 0.4) is 0 Å². The van der Waals surface area contributed by atoms with E-state index in [1.807, 2.05) is 10.3 Å². The molecular weight excluding hydrogens is 419 g/mol. The fourth-order valence-corrected chi connectivity index (χ4v) is 3.98. The molecule has 0 radical (unpaired) electrons. The molecule has 1 amide bonds. The smallest absolute Gasteiger partial charge is 0.422 e. The van der Waals surface area contributed by atoms with Crippen LogP contribution in [0.15, 0.2) is 29.8 Å². The monoisotopic (exact) mass is 443 g/mol. The first-order chi connectivity index (χ1) is 14.4. The molecule has 0 saturated carbocycles. The molecule has 6 nitrogen and oxygen atoms in total. The number of rotatable bonds is 7. The van der Waals surface area contributed by atoms with Crippen molar-refractivity contribution in [2.24, 2.45) is 0 Å². The highest BCUT2D eigenvalue weighted by Gasteiger charge is 2.29. The molecule has 0 bridgehead atoms. The van der Waals surface area contributed by atoms with Gasteiger partial charge in [0, 0.05) is 44.2 Å². The largest absolute Gasteiger partial charge is 0.493 e. The van der Waals surface area contributed by atoms with Gasteiger partial charge in [-0.05, 0) is 30.5 Å². The van der Waals surface area contributed by atoms with Crippen molar-refractivity contribution in [1.29, 1.82) is 0 Å². The molecule has 0 spiro atoms. The SMILES string of the molecule is COc1cc(CCC(=O)N2CCCN(c3nccs3)CC2)ccc1OCC(F)(F)F. The van der Waals surface area contributed by atoms with Gasteiger partial charge < -0.3 is 19.3 Å². The normalized spacial score (nSPS) is 15.1. The highest BCUT2D eigenvalue weighted by molar-refractivity contribution is 7.13. The summed E-state index contributed by atoms with van der Waals surface area (Å²) in [5.41, 5.74) is 0.804. The van der Waals surface area contributed by atoms with Crippen LogP contribution in [0.1, 0.15) is 18.4 Å². The summed E-state index contributed by atoms with van der Waals surface area (Å²) in [7, 11) is 1.37. The van der Waals surface area contributed by atoms with E-state index in [2.05, 4.69) is 9.88 Å². The van der Waals surface area contributed by atoms with Crippen molar-refractivity contribution in [2.75, 3.05) is 44.8 Å². The zero-order chi connectivity index (χ0) is 21.6. The molecule has 1 aromatic heterocycles. The van der Waals surface area contributed by atoms with Gasteiger partial charge in [-0.15, -0.1) is 11.3 Å². The quantitative estimate of drug-likeness (QED) is 0.652. The highest BCUT2D eigenvalue weighted by atomic mass is 32.1. The van der Waals surface area contributed by atoms with Gasteiger partial charge in [0.2, 0.25) is 5.91 Å². The lowest BCUT2D eigenvalue weighted by Gasteiger charge is -2.22. The second-order valence-corrected chi connectivity index (χ2v) is 7.80. The number of hydrogen-bond acceptors (Lipinski definition) is 6. The number of nitrogens with zero attached hydrogens (tertiary/aromatic N) is 3. The molecule has 0 aliphatic carbocycles. The van der Waals surface area contributed by atoms with Crippen molar-refractivity contribution in [3.63, 3.8) is 0 Å². The maximum Gasteiger partial charge on any atom is 0.422 e. The Kier molecular flexibility index (Phi) is 7.41. The first-order valence-corrected chi connectivity index (χ1v) is 10.5.